The van der Waals surface area contributed by atoms with Crippen molar-refractivity contribution in [2.45, 2.75) is 4.90 Å². The molecule has 98 valence electrons. The van der Waals surface area contributed by atoms with Gasteiger partial charge in [0, 0.05) is 24.3 Å². The third kappa shape index (κ3) is 3.35. The standard InChI is InChI=1S/C12H11N3O3S/c1-19(17,18)10-4-2-3-9(7-10)15-12(16)11-8-13-5-6-14-11/h2-8H,1H3,(H,15,16). The van der Waals surface area contributed by atoms with Gasteiger partial charge in [0.15, 0.2) is 9.84 Å². The molecule has 0 saturated heterocycles. The van der Waals surface area contributed by atoms with Crippen LogP contribution in [0.1, 0.15) is 10.5 Å². The minimum absolute atomic E-state index is 0.143. The number of rotatable bonds is 3. The number of nitrogens with one attached hydrogen (secondary N) is 1. The zero-order chi connectivity index (χ0) is 13.9. The van der Waals surface area contributed by atoms with Crippen LogP contribution in [0.3, 0.4) is 0 Å². The minimum atomic E-state index is -3.31. The summed E-state index contributed by atoms with van der Waals surface area (Å²) < 4.78 is 22.8. The highest BCUT2D eigenvalue weighted by molar-refractivity contribution is 7.90. The predicted molar refractivity (Wildman–Crippen MR) is 69.5 cm³/mol. The largest absolute Gasteiger partial charge is 0.321 e. The molecule has 0 unspecified atom stereocenters. The van der Waals surface area contributed by atoms with Crippen molar-refractivity contribution >= 4 is 21.4 Å². The van der Waals surface area contributed by atoms with Crippen LogP contribution in [0.15, 0.2) is 47.8 Å². The van der Waals surface area contributed by atoms with Gasteiger partial charge in [-0.25, -0.2) is 13.4 Å². The summed E-state index contributed by atoms with van der Waals surface area (Å²) in [5, 5.41) is 2.56. The van der Waals surface area contributed by atoms with Gasteiger partial charge in [-0.3, -0.25) is 9.78 Å². The first-order valence-corrected chi connectivity index (χ1v) is 7.23. The molecule has 1 aromatic carbocycles. The van der Waals surface area contributed by atoms with Crippen LogP contribution >= 0.6 is 0 Å². The van der Waals surface area contributed by atoms with Crippen LogP contribution in [0.2, 0.25) is 0 Å². The van der Waals surface area contributed by atoms with E-state index in [1.165, 1.54) is 30.7 Å². The SMILES string of the molecule is CS(=O)(=O)c1cccc(NC(=O)c2cnccn2)c1. The summed E-state index contributed by atoms with van der Waals surface area (Å²) in [4.78, 5) is 19.6. The van der Waals surface area contributed by atoms with Gasteiger partial charge < -0.3 is 5.32 Å². The zero-order valence-electron chi connectivity index (χ0n) is 10.1. The van der Waals surface area contributed by atoms with Crippen LogP contribution in [0.25, 0.3) is 0 Å². The molecule has 1 amide bonds. The molecule has 0 saturated carbocycles. The molecule has 0 bridgehead atoms. The second kappa shape index (κ2) is 5.15. The maximum absolute atomic E-state index is 11.8. The van der Waals surface area contributed by atoms with Gasteiger partial charge in [-0.1, -0.05) is 6.07 Å². The molecular formula is C12H11N3O3S. The molecule has 1 N–H and O–H groups in total. The Bertz CT molecular complexity index is 699. The molecule has 0 fully saturated rings. The van der Waals surface area contributed by atoms with Crippen molar-refractivity contribution in [3.8, 4) is 0 Å². The summed E-state index contributed by atoms with van der Waals surface area (Å²) >= 11 is 0. The lowest BCUT2D eigenvalue weighted by atomic mass is 10.3. The lowest BCUT2D eigenvalue weighted by Gasteiger charge is -2.05. The van der Waals surface area contributed by atoms with E-state index in [1.807, 2.05) is 0 Å². The third-order valence-corrected chi connectivity index (χ3v) is 3.43. The highest BCUT2D eigenvalue weighted by Crippen LogP contribution is 2.15. The Hall–Kier alpha value is -2.28. The fourth-order valence-electron chi connectivity index (χ4n) is 1.42. The first-order valence-electron chi connectivity index (χ1n) is 5.34. The van der Waals surface area contributed by atoms with Crippen molar-refractivity contribution in [3.05, 3.63) is 48.5 Å². The molecule has 0 aliphatic heterocycles. The highest BCUT2D eigenvalue weighted by Gasteiger charge is 2.10. The van der Waals surface area contributed by atoms with E-state index in [2.05, 4.69) is 15.3 Å². The van der Waals surface area contributed by atoms with Crippen molar-refractivity contribution in [2.24, 2.45) is 0 Å². The summed E-state index contributed by atoms with van der Waals surface area (Å²) in [5.74, 6) is -0.446. The zero-order valence-corrected chi connectivity index (χ0v) is 10.9. The van der Waals surface area contributed by atoms with Crippen molar-refractivity contribution in [1.29, 1.82) is 0 Å². The predicted octanol–water partition coefficient (Wildman–Crippen LogP) is 1.13. The molecular weight excluding hydrogens is 266 g/mol. The smallest absolute Gasteiger partial charge is 0.275 e. The third-order valence-electron chi connectivity index (χ3n) is 2.32. The van der Waals surface area contributed by atoms with Crippen molar-refractivity contribution in [2.75, 3.05) is 11.6 Å². The summed E-state index contributed by atoms with van der Waals surface area (Å²) in [6.07, 6.45) is 5.30. The van der Waals surface area contributed by atoms with Crippen molar-refractivity contribution in [1.82, 2.24) is 9.97 Å². The van der Waals surface area contributed by atoms with Crippen LogP contribution in [0.5, 0.6) is 0 Å². The number of anilines is 1. The Labute approximate surface area is 110 Å². The van der Waals surface area contributed by atoms with E-state index < -0.39 is 15.7 Å². The summed E-state index contributed by atoms with van der Waals surface area (Å²) in [5.41, 5.74) is 0.547. The van der Waals surface area contributed by atoms with Crippen LogP contribution in [0, 0.1) is 0 Å². The highest BCUT2D eigenvalue weighted by atomic mass is 32.2. The lowest BCUT2D eigenvalue weighted by Crippen LogP contribution is -2.14. The summed E-state index contributed by atoms with van der Waals surface area (Å²) in [6.45, 7) is 0. The molecule has 0 atom stereocenters. The van der Waals surface area contributed by atoms with Gasteiger partial charge in [0.05, 0.1) is 11.1 Å². The van der Waals surface area contributed by atoms with Crippen LogP contribution in [0.4, 0.5) is 5.69 Å². The monoisotopic (exact) mass is 277 g/mol. The lowest BCUT2D eigenvalue weighted by molar-refractivity contribution is 0.102. The number of hydrogen-bond acceptors (Lipinski definition) is 5. The van der Waals surface area contributed by atoms with Crippen LogP contribution < -0.4 is 5.32 Å². The Balaban J connectivity index is 2.23. The topological polar surface area (TPSA) is 89.0 Å². The number of nitrogens with zero attached hydrogens (tertiary/aromatic N) is 2. The molecule has 0 radical (unpaired) electrons. The molecule has 7 heteroatoms. The van der Waals surface area contributed by atoms with Crippen molar-refractivity contribution in [3.63, 3.8) is 0 Å². The number of amides is 1. The molecule has 0 aliphatic rings. The van der Waals surface area contributed by atoms with Crippen LogP contribution in [-0.2, 0) is 9.84 Å². The Morgan fingerprint density at radius 2 is 2.05 bits per heavy atom. The molecule has 1 aromatic heterocycles. The number of carbonyl (C=O) groups is 1. The van der Waals surface area contributed by atoms with E-state index in [1.54, 1.807) is 12.1 Å². The van der Waals surface area contributed by atoms with Gasteiger partial charge in [0.2, 0.25) is 0 Å². The second-order valence-electron chi connectivity index (χ2n) is 3.84. The van der Waals surface area contributed by atoms with E-state index in [0.29, 0.717) is 5.69 Å². The maximum atomic E-state index is 11.8. The average molecular weight is 277 g/mol. The normalized spacial score (nSPS) is 11.0. The number of benzene rings is 1. The number of aromatic nitrogens is 2. The molecule has 0 aliphatic carbocycles. The van der Waals surface area contributed by atoms with E-state index in [0.717, 1.165) is 6.26 Å². The summed E-state index contributed by atoms with van der Waals surface area (Å²) in [7, 11) is -3.31. The summed E-state index contributed by atoms with van der Waals surface area (Å²) in [6, 6.07) is 6.02. The molecule has 19 heavy (non-hydrogen) atoms. The Morgan fingerprint density at radius 3 is 2.68 bits per heavy atom. The molecule has 1 heterocycles. The van der Waals surface area contributed by atoms with Gasteiger partial charge in [0.1, 0.15) is 5.69 Å². The van der Waals surface area contributed by atoms with Crippen LogP contribution in [-0.4, -0.2) is 30.5 Å². The average Bonchev–Trinajstić information content (AvgIpc) is 2.39. The fraction of sp³-hybridized carbons (Fsp3) is 0.0833. The van der Waals surface area contributed by atoms with Gasteiger partial charge >= 0.3 is 0 Å². The van der Waals surface area contributed by atoms with E-state index in [-0.39, 0.29) is 10.6 Å². The van der Waals surface area contributed by atoms with Crippen molar-refractivity contribution < 1.29 is 13.2 Å². The Morgan fingerprint density at radius 1 is 1.26 bits per heavy atom. The maximum Gasteiger partial charge on any atom is 0.275 e. The fourth-order valence-corrected chi connectivity index (χ4v) is 2.08. The van der Waals surface area contributed by atoms with Gasteiger partial charge in [0.25, 0.3) is 5.91 Å². The number of sulfone groups is 1. The quantitative estimate of drug-likeness (QED) is 0.908. The van der Waals surface area contributed by atoms with E-state index in [9.17, 15) is 13.2 Å². The molecule has 0 spiro atoms. The molecule has 6 nitrogen and oxygen atoms in total. The molecule has 2 rings (SSSR count). The molecule has 2 aromatic rings. The Kier molecular flexibility index (Phi) is 3.57. The first kappa shape index (κ1) is 13.2. The first-order chi connectivity index (χ1) is 8.97. The van der Waals surface area contributed by atoms with Gasteiger partial charge in [-0.2, -0.15) is 0 Å². The second-order valence-corrected chi connectivity index (χ2v) is 5.86. The number of carbonyl (C=O) groups excluding carboxylic acids is 1. The minimum Gasteiger partial charge on any atom is -0.321 e. The van der Waals surface area contributed by atoms with E-state index >= 15 is 0 Å². The number of hydrogen-bond donors (Lipinski definition) is 1. The van der Waals surface area contributed by atoms with Gasteiger partial charge in [-0.15, -0.1) is 0 Å². The van der Waals surface area contributed by atoms with Gasteiger partial charge in [-0.05, 0) is 18.2 Å². The van der Waals surface area contributed by atoms with E-state index in [4.69, 9.17) is 0 Å².